The summed E-state index contributed by atoms with van der Waals surface area (Å²) in [6.07, 6.45) is 1.79. The van der Waals surface area contributed by atoms with E-state index < -0.39 is 0 Å². The van der Waals surface area contributed by atoms with Gasteiger partial charge in [-0.2, -0.15) is 0 Å². The zero-order chi connectivity index (χ0) is 20.0. The largest absolute Gasteiger partial charge is 0.473 e. The highest BCUT2D eigenvalue weighted by Crippen LogP contribution is 2.37. The van der Waals surface area contributed by atoms with Crippen LogP contribution in [0.5, 0.6) is 5.75 Å². The second-order valence-electron chi connectivity index (χ2n) is 7.43. The van der Waals surface area contributed by atoms with Crippen LogP contribution in [0.15, 0.2) is 70.0 Å². The molecule has 0 unspecified atom stereocenters. The van der Waals surface area contributed by atoms with E-state index in [2.05, 4.69) is 4.98 Å². The summed E-state index contributed by atoms with van der Waals surface area (Å²) in [5, 5.41) is 0.898. The lowest BCUT2D eigenvalue weighted by molar-refractivity contribution is 0.288. The molecule has 4 aromatic rings. The lowest BCUT2D eigenvalue weighted by atomic mass is 9.98. The maximum Gasteiger partial charge on any atom is 0.336 e. The summed E-state index contributed by atoms with van der Waals surface area (Å²) in [7, 11) is 0. The average molecular weight is 384 g/mol. The van der Waals surface area contributed by atoms with Gasteiger partial charge in [0.1, 0.15) is 17.2 Å². The topological polar surface area (TPSA) is 55.6 Å². The molecule has 0 saturated heterocycles. The molecule has 0 atom stereocenters. The molecule has 2 aromatic heterocycles. The Balaban J connectivity index is 1.66. The second-order valence-corrected chi connectivity index (χ2v) is 7.43. The fourth-order valence-corrected chi connectivity index (χ4v) is 3.75. The molecule has 1 aliphatic rings. The van der Waals surface area contributed by atoms with Crippen LogP contribution in [-0.4, -0.2) is 11.7 Å². The molecule has 0 saturated carbocycles. The number of fused-ring (bicyclic) bond motifs is 3. The van der Waals surface area contributed by atoms with Crippen molar-refractivity contribution in [2.24, 2.45) is 0 Å². The van der Waals surface area contributed by atoms with Crippen LogP contribution in [0.2, 0.25) is 0 Å². The minimum absolute atomic E-state index is 0.368. The van der Waals surface area contributed by atoms with Crippen molar-refractivity contribution in [2.75, 3.05) is 11.6 Å². The first-order chi connectivity index (χ1) is 14.1. The number of aromatic nitrogens is 1. The molecule has 3 heterocycles. The average Bonchev–Trinajstić information content (AvgIpc) is 2.73. The van der Waals surface area contributed by atoms with E-state index in [0.29, 0.717) is 18.9 Å². The van der Waals surface area contributed by atoms with Gasteiger partial charge >= 0.3 is 5.63 Å². The summed E-state index contributed by atoms with van der Waals surface area (Å²) in [5.41, 5.74) is 5.23. The first-order valence-electron chi connectivity index (χ1n) is 9.56. The van der Waals surface area contributed by atoms with Gasteiger partial charge in [0.2, 0.25) is 0 Å². The molecular formula is C24H20N2O3. The Morgan fingerprint density at radius 2 is 1.79 bits per heavy atom. The van der Waals surface area contributed by atoms with Crippen molar-refractivity contribution in [3.05, 3.63) is 87.9 Å². The number of anilines is 1. The minimum atomic E-state index is -0.368. The molecule has 5 nitrogen and oxygen atoms in total. The van der Waals surface area contributed by atoms with Crippen LogP contribution in [0.25, 0.3) is 22.1 Å². The maximum absolute atomic E-state index is 12.4. The zero-order valence-electron chi connectivity index (χ0n) is 16.3. The molecule has 2 aromatic carbocycles. The van der Waals surface area contributed by atoms with Gasteiger partial charge in [0.25, 0.3) is 0 Å². The lowest BCUT2D eigenvalue weighted by Crippen LogP contribution is -2.32. The molecule has 0 bridgehead atoms. The number of pyridine rings is 1. The predicted octanol–water partition coefficient (Wildman–Crippen LogP) is 4.83. The third kappa shape index (κ3) is 3.14. The lowest BCUT2D eigenvalue weighted by Gasteiger charge is -2.30. The highest BCUT2D eigenvalue weighted by molar-refractivity contribution is 5.96. The number of hydrogen-bond donors (Lipinski definition) is 0. The quantitative estimate of drug-likeness (QED) is 0.464. The summed E-state index contributed by atoms with van der Waals surface area (Å²) >= 11 is 0. The van der Waals surface area contributed by atoms with Gasteiger partial charge in [-0.15, -0.1) is 0 Å². The molecule has 0 amide bonds. The van der Waals surface area contributed by atoms with Crippen LogP contribution in [0.3, 0.4) is 0 Å². The van der Waals surface area contributed by atoms with Gasteiger partial charge in [0.05, 0.1) is 12.1 Å². The molecule has 5 rings (SSSR count). The molecule has 0 radical (unpaired) electrons. The molecule has 29 heavy (non-hydrogen) atoms. The summed E-state index contributed by atoms with van der Waals surface area (Å²) in [6.45, 7) is 5.04. The van der Waals surface area contributed by atoms with E-state index in [1.807, 2.05) is 67.3 Å². The SMILES string of the molecule is Cc1ccc(-c2cc(=O)oc3c4c(ccc23)OCN(c2cc(C)ccn2)C4)cc1. The van der Waals surface area contributed by atoms with E-state index in [0.717, 1.165) is 39.2 Å². The van der Waals surface area contributed by atoms with Gasteiger partial charge in [-0.1, -0.05) is 29.8 Å². The summed E-state index contributed by atoms with van der Waals surface area (Å²) < 4.78 is 11.6. The first-order valence-corrected chi connectivity index (χ1v) is 9.56. The van der Waals surface area contributed by atoms with Crippen LogP contribution in [0, 0.1) is 13.8 Å². The Kier molecular flexibility index (Phi) is 4.09. The van der Waals surface area contributed by atoms with Crippen LogP contribution in [-0.2, 0) is 6.54 Å². The second kappa shape index (κ2) is 6.78. The van der Waals surface area contributed by atoms with E-state index in [9.17, 15) is 4.79 Å². The van der Waals surface area contributed by atoms with E-state index in [-0.39, 0.29) is 5.63 Å². The van der Waals surface area contributed by atoms with E-state index in [1.54, 1.807) is 12.3 Å². The van der Waals surface area contributed by atoms with E-state index in [1.165, 1.54) is 5.56 Å². The van der Waals surface area contributed by atoms with Crippen LogP contribution in [0.1, 0.15) is 16.7 Å². The molecule has 1 aliphatic heterocycles. The van der Waals surface area contributed by atoms with Crippen LogP contribution < -0.4 is 15.3 Å². The van der Waals surface area contributed by atoms with Gasteiger partial charge in [-0.05, 0) is 54.8 Å². The van der Waals surface area contributed by atoms with Crippen molar-refractivity contribution in [1.29, 1.82) is 0 Å². The Bertz CT molecular complexity index is 1280. The predicted molar refractivity (Wildman–Crippen MR) is 113 cm³/mol. The molecule has 0 aliphatic carbocycles. The normalized spacial score (nSPS) is 13.2. The monoisotopic (exact) mass is 384 g/mol. The fourth-order valence-electron chi connectivity index (χ4n) is 3.75. The standard InChI is InChI=1S/C24H20N2O3/c1-15-3-5-17(6-4-15)19-12-23(27)29-24-18(19)7-8-21-20(24)13-26(14-28-21)22-11-16(2)9-10-25-22/h3-12H,13-14H2,1-2H3. The third-order valence-corrected chi connectivity index (χ3v) is 5.28. The molecule has 144 valence electrons. The van der Waals surface area contributed by atoms with Crippen molar-refractivity contribution >= 4 is 16.8 Å². The molecule has 0 fully saturated rings. The van der Waals surface area contributed by atoms with Gasteiger partial charge < -0.3 is 14.1 Å². The Hall–Kier alpha value is -3.60. The number of hydrogen-bond acceptors (Lipinski definition) is 5. The smallest absolute Gasteiger partial charge is 0.336 e. The Morgan fingerprint density at radius 1 is 0.966 bits per heavy atom. The summed E-state index contributed by atoms with van der Waals surface area (Å²) in [6, 6.07) is 17.6. The Labute approximate surface area is 168 Å². The van der Waals surface area contributed by atoms with Crippen molar-refractivity contribution in [3.63, 3.8) is 0 Å². The maximum atomic E-state index is 12.4. The van der Waals surface area contributed by atoms with Crippen LogP contribution >= 0.6 is 0 Å². The number of aryl methyl sites for hydroxylation is 2. The molecule has 0 N–H and O–H groups in total. The van der Waals surface area contributed by atoms with Crippen molar-refractivity contribution in [2.45, 2.75) is 20.4 Å². The van der Waals surface area contributed by atoms with Crippen molar-refractivity contribution in [3.8, 4) is 16.9 Å². The number of nitrogens with zero attached hydrogens (tertiary/aromatic N) is 2. The van der Waals surface area contributed by atoms with E-state index >= 15 is 0 Å². The highest BCUT2D eigenvalue weighted by atomic mass is 16.5. The third-order valence-electron chi connectivity index (χ3n) is 5.28. The number of ether oxygens (including phenoxy) is 1. The molecule has 5 heteroatoms. The molecule has 0 spiro atoms. The molecular weight excluding hydrogens is 364 g/mol. The summed E-state index contributed by atoms with van der Waals surface area (Å²) in [5.74, 6) is 1.58. The van der Waals surface area contributed by atoms with Crippen LogP contribution in [0.4, 0.5) is 5.82 Å². The van der Waals surface area contributed by atoms with Gasteiger partial charge in [0, 0.05) is 17.6 Å². The Morgan fingerprint density at radius 3 is 2.59 bits per heavy atom. The van der Waals surface area contributed by atoms with Crippen molar-refractivity contribution < 1.29 is 9.15 Å². The van der Waals surface area contributed by atoms with Gasteiger partial charge in [0.15, 0.2) is 6.73 Å². The van der Waals surface area contributed by atoms with E-state index in [4.69, 9.17) is 9.15 Å². The van der Waals surface area contributed by atoms with Crippen molar-refractivity contribution in [1.82, 2.24) is 4.98 Å². The zero-order valence-corrected chi connectivity index (χ0v) is 16.3. The minimum Gasteiger partial charge on any atom is -0.473 e. The summed E-state index contributed by atoms with van der Waals surface area (Å²) in [4.78, 5) is 18.9. The fraction of sp³-hybridized carbons (Fsp3) is 0.167. The first kappa shape index (κ1) is 17.5. The number of rotatable bonds is 2. The highest BCUT2D eigenvalue weighted by Gasteiger charge is 2.23. The van der Waals surface area contributed by atoms with Gasteiger partial charge in [-0.3, -0.25) is 0 Å². The number of benzene rings is 2. The van der Waals surface area contributed by atoms with Gasteiger partial charge in [-0.25, -0.2) is 9.78 Å².